The Morgan fingerprint density at radius 3 is 2.60 bits per heavy atom. The van der Waals surface area contributed by atoms with Crippen molar-refractivity contribution < 1.29 is 9.15 Å². The Morgan fingerprint density at radius 1 is 1.27 bits per heavy atom. The average molecular weight is 204 g/mol. The molecule has 0 unspecified atom stereocenters. The van der Waals surface area contributed by atoms with Gasteiger partial charge in [0.1, 0.15) is 12.4 Å². The van der Waals surface area contributed by atoms with Crippen LogP contribution in [0.2, 0.25) is 0 Å². The fourth-order valence-electron chi connectivity index (χ4n) is 1.29. The highest BCUT2D eigenvalue weighted by Crippen LogP contribution is 2.14. The summed E-state index contributed by atoms with van der Waals surface area (Å²) in [4.78, 5) is 8.07. The molecule has 0 atom stereocenters. The lowest BCUT2D eigenvalue weighted by Crippen LogP contribution is -1.95. The standard InChI is InChI=1S/C11H12N2O2/c1-8-11(15-9(2)13-8)7-14-10-3-5-12-6-4-10/h3-6H,7H2,1-2H3. The second-order valence-electron chi connectivity index (χ2n) is 3.21. The van der Waals surface area contributed by atoms with Crippen molar-refractivity contribution in [2.24, 2.45) is 0 Å². The number of hydrogen-bond donors (Lipinski definition) is 0. The van der Waals surface area contributed by atoms with Crippen LogP contribution in [-0.2, 0) is 6.61 Å². The Hall–Kier alpha value is -1.84. The van der Waals surface area contributed by atoms with Crippen molar-refractivity contribution >= 4 is 0 Å². The maximum absolute atomic E-state index is 5.51. The molecule has 0 aliphatic heterocycles. The monoisotopic (exact) mass is 204 g/mol. The van der Waals surface area contributed by atoms with Crippen molar-refractivity contribution in [2.75, 3.05) is 0 Å². The smallest absolute Gasteiger partial charge is 0.191 e. The molecule has 0 bridgehead atoms. The molecule has 78 valence electrons. The highest BCUT2D eigenvalue weighted by Gasteiger charge is 2.06. The molecule has 2 rings (SSSR count). The largest absolute Gasteiger partial charge is 0.485 e. The highest BCUT2D eigenvalue weighted by atomic mass is 16.5. The quantitative estimate of drug-likeness (QED) is 0.769. The summed E-state index contributed by atoms with van der Waals surface area (Å²) >= 11 is 0. The highest BCUT2D eigenvalue weighted by molar-refractivity contribution is 5.17. The number of hydrogen-bond acceptors (Lipinski definition) is 4. The molecule has 0 aliphatic carbocycles. The van der Waals surface area contributed by atoms with E-state index in [0.29, 0.717) is 12.5 Å². The van der Waals surface area contributed by atoms with Crippen LogP contribution in [0.15, 0.2) is 28.9 Å². The number of aryl methyl sites for hydroxylation is 2. The van der Waals surface area contributed by atoms with Crippen LogP contribution in [0.4, 0.5) is 0 Å². The summed E-state index contributed by atoms with van der Waals surface area (Å²) in [5.41, 5.74) is 0.876. The minimum absolute atomic E-state index is 0.399. The molecule has 15 heavy (non-hydrogen) atoms. The predicted molar refractivity (Wildman–Crippen MR) is 54.5 cm³/mol. The molecule has 2 aromatic heterocycles. The molecule has 0 spiro atoms. The zero-order valence-corrected chi connectivity index (χ0v) is 8.73. The van der Waals surface area contributed by atoms with Crippen molar-refractivity contribution in [3.63, 3.8) is 0 Å². The lowest BCUT2D eigenvalue weighted by atomic mass is 10.4. The van der Waals surface area contributed by atoms with E-state index in [4.69, 9.17) is 9.15 Å². The molecule has 0 saturated heterocycles. The average Bonchev–Trinajstić information content (AvgIpc) is 2.56. The number of rotatable bonds is 3. The maximum Gasteiger partial charge on any atom is 0.191 e. The SMILES string of the molecule is Cc1nc(C)c(COc2ccncc2)o1. The first-order valence-electron chi connectivity index (χ1n) is 4.71. The summed E-state index contributed by atoms with van der Waals surface area (Å²) in [6, 6.07) is 3.61. The van der Waals surface area contributed by atoms with E-state index in [0.717, 1.165) is 17.2 Å². The van der Waals surface area contributed by atoms with Gasteiger partial charge in [-0.05, 0) is 19.1 Å². The van der Waals surface area contributed by atoms with E-state index in [1.54, 1.807) is 24.5 Å². The summed E-state index contributed by atoms with van der Waals surface area (Å²) in [6.45, 7) is 4.13. The number of oxazole rings is 1. The Morgan fingerprint density at radius 2 is 2.00 bits per heavy atom. The molecule has 2 heterocycles. The van der Waals surface area contributed by atoms with Gasteiger partial charge in [0.2, 0.25) is 0 Å². The first-order valence-corrected chi connectivity index (χ1v) is 4.71. The Balaban J connectivity index is 2.02. The van der Waals surface area contributed by atoms with Gasteiger partial charge in [-0.2, -0.15) is 0 Å². The first-order chi connectivity index (χ1) is 7.25. The van der Waals surface area contributed by atoms with Crippen LogP contribution >= 0.6 is 0 Å². The summed E-state index contributed by atoms with van der Waals surface area (Å²) in [5, 5.41) is 0. The van der Waals surface area contributed by atoms with Crippen LogP contribution < -0.4 is 4.74 Å². The molecule has 0 saturated carbocycles. The molecule has 0 amide bonds. The zero-order valence-electron chi connectivity index (χ0n) is 8.73. The van der Waals surface area contributed by atoms with E-state index in [2.05, 4.69) is 9.97 Å². The molecule has 0 radical (unpaired) electrons. The van der Waals surface area contributed by atoms with Crippen molar-refractivity contribution in [1.82, 2.24) is 9.97 Å². The van der Waals surface area contributed by atoms with Gasteiger partial charge in [-0.25, -0.2) is 4.98 Å². The van der Waals surface area contributed by atoms with Crippen molar-refractivity contribution in [2.45, 2.75) is 20.5 Å². The fraction of sp³-hybridized carbons (Fsp3) is 0.273. The summed E-state index contributed by atoms with van der Waals surface area (Å²) < 4.78 is 10.9. The molecule has 0 N–H and O–H groups in total. The topological polar surface area (TPSA) is 48.2 Å². The van der Waals surface area contributed by atoms with Crippen molar-refractivity contribution in [3.8, 4) is 5.75 Å². The molecular formula is C11H12N2O2. The number of ether oxygens (including phenoxy) is 1. The van der Waals surface area contributed by atoms with E-state index >= 15 is 0 Å². The summed E-state index contributed by atoms with van der Waals surface area (Å²) in [6.07, 6.45) is 3.38. The Labute approximate surface area is 87.9 Å². The van der Waals surface area contributed by atoms with E-state index in [-0.39, 0.29) is 0 Å². The van der Waals surface area contributed by atoms with Crippen LogP contribution in [-0.4, -0.2) is 9.97 Å². The Bertz CT molecular complexity index is 437. The molecular weight excluding hydrogens is 192 g/mol. The second-order valence-corrected chi connectivity index (χ2v) is 3.21. The van der Waals surface area contributed by atoms with Gasteiger partial charge >= 0.3 is 0 Å². The lowest BCUT2D eigenvalue weighted by Gasteiger charge is -2.02. The van der Waals surface area contributed by atoms with Crippen LogP contribution in [0.5, 0.6) is 5.75 Å². The van der Waals surface area contributed by atoms with Crippen LogP contribution in [0.1, 0.15) is 17.3 Å². The van der Waals surface area contributed by atoms with E-state index < -0.39 is 0 Å². The third-order valence-electron chi connectivity index (χ3n) is 2.02. The van der Waals surface area contributed by atoms with E-state index in [9.17, 15) is 0 Å². The van der Waals surface area contributed by atoms with Gasteiger partial charge in [-0.15, -0.1) is 0 Å². The van der Waals surface area contributed by atoms with Gasteiger partial charge < -0.3 is 9.15 Å². The maximum atomic E-state index is 5.51. The third kappa shape index (κ3) is 2.34. The van der Waals surface area contributed by atoms with Gasteiger partial charge in [0.25, 0.3) is 0 Å². The molecule has 0 aliphatic rings. The van der Waals surface area contributed by atoms with Gasteiger partial charge in [0.15, 0.2) is 11.7 Å². The molecule has 4 nitrogen and oxygen atoms in total. The molecule has 4 heteroatoms. The first kappa shape index (κ1) is 9.71. The normalized spacial score (nSPS) is 10.3. The van der Waals surface area contributed by atoms with Gasteiger partial charge in [0, 0.05) is 19.3 Å². The minimum atomic E-state index is 0.399. The zero-order chi connectivity index (χ0) is 10.7. The van der Waals surface area contributed by atoms with Crippen molar-refractivity contribution in [3.05, 3.63) is 41.9 Å². The molecule has 0 fully saturated rings. The second kappa shape index (κ2) is 4.13. The third-order valence-corrected chi connectivity index (χ3v) is 2.02. The summed E-state index contributed by atoms with van der Waals surface area (Å²) in [7, 11) is 0. The van der Waals surface area contributed by atoms with Gasteiger partial charge in [0.05, 0.1) is 5.69 Å². The minimum Gasteiger partial charge on any atom is -0.485 e. The molecule has 0 aromatic carbocycles. The van der Waals surface area contributed by atoms with Crippen LogP contribution in [0, 0.1) is 13.8 Å². The number of nitrogens with zero attached hydrogens (tertiary/aromatic N) is 2. The lowest BCUT2D eigenvalue weighted by molar-refractivity contribution is 0.266. The van der Waals surface area contributed by atoms with Gasteiger partial charge in [-0.3, -0.25) is 4.98 Å². The number of pyridine rings is 1. The van der Waals surface area contributed by atoms with E-state index in [1.165, 1.54) is 0 Å². The van der Waals surface area contributed by atoms with E-state index in [1.807, 2.05) is 13.8 Å². The molecule has 2 aromatic rings. The van der Waals surface area contributed by atoms with Crippen LogP contribution in [0.25, 0.3) is 0 Å². The van der Waals surface area contributed by atoms with Crippen LogP contribution in [0.3, 0.4) is 0 Å². The summed E-state index contributed by atoms with van der Waals surface area (Å²) in [5.74, 6) is 2.21. The number of aromatic nitrogens is 2. The fourth-order valence-corrected chi connectivity index (χ4v) is 1.29. The predicted octanol–water partition coefficient (Wildman–Crippen LogP) is 2.27. The Kier molecular flexibility index (Phi) is 2.67. The van der Waals surface area contributed by atoms with Gasteiger partial charge in [-0.1, -0.05) is 0 Å². The van der Waals surface area contributed by atoms with Crippen molar-refractivity contribution in [1.29, 1.82) is 0 Å².